The number of carbonyl (C=O) groups excluding carboxylic acids is 1. The molecule has 1 aromatic heterocycles. The first-order valence-electron chi connectivity index (χ1n) is 9.30. The fourth-order valence-electron chi connectivity index (χ4n) is 3.95. The predicted octanol–water partition coefficient (Wildman–Crippen LogP) is 1.03. The van der Waals surface area contributed by atoms with E-state index in [9.17, 15) is 18.0 Å². The summed E-state index contributed by atoms with van der Waals surface area (Å²) in [5.74, 6) is 0.257. The number of hydrogen-bond donors (Lipinski definition) is 0. The Bertz CT molecular complexity index is 1130. The van der Waals surface area contributed by atoms with Gasteiger partial charge in [0.1, 0.15) is 6.54 Å². The van der Waals surface area contributed by atoms with Gasteiger partial charge < -0.3 is 4.90 Å². The second-order valence-electron chi connectivity index (χ2n) is 7.44. The van der Waals surface area contributed by atoms with Gasteiger partial charge in [-0.3, -0.25) is 19.1 Å². The quantitative estimate of drug-likeness (QED) is 0.681. The summed E-state index contributed by atoms with van der Waals surface area (Å²) in [5, 5.41) is 0.883. The van der Waals surface area contributed by atoms with Gasteiger partial charge in [0.15, 0.2) is 9.84 Å². The summed E-state index contributed by atoms with van der Waals surface area (Å²) >= 11 is 12.1. The summed E-state index contributed by atoms with van der Waals surface area (Å²) < 4.78 is 24.6. The lowest BCUT2D eigenvalue weighted by Gasteiger charge is -2.37. The summed E-state index contributed by atoms with van der Waals surface area (Å²) in [6, 6.07) is 3.05. The SMILES string of the molecule is O=C(Cn1cnc2c(Cl)cc(Cl)cc2c1=O)N1CCN(C2CCS(=O)(=O)C2)CC1. The normalized spacial score (nSPS) is 22.3. The Hall–Kier alpha value is -1.68. The molecule has 4 rings (SSSR count). The van der Waals surface area contributed by atoms with Gasteiger partial charge >= 0.3 is 0 Å². The van der Waals surface area contributed by atoms with Crippen molar-refractivity contribution < 1.29 is 13.2 Å². The topological polar surface area (TPSA) is 92.6 Å². The largest absolute Gasteiger partial charge is 0.339 e. The molecule has 2 saturated heterocycles. The van der Waals surface area contributed by atoms with Gasteiger partial charge in [-0.1, -0.05) is 23.2 Å². The van der Waals surface area contributed by atoms with Crippen molar-refractivity contribution in [1.82, 2.24) is 19.4 Å². The van der Waals surface area contributed by atoms with Gasteiger partial charge in [-0.25, -0.2) is 13.4 Å². The van der Waals surface area contributed by atoms with Crippen LogP contribution < -0.4 is 5.56 Å². The van der Waals surface area contributed by atoms with Crippen LogP contribution in [0.25, 0.3) is 10.9 Å². The van der Waals surface area contributed by atoms with Gasteiger partial charge in [0, 0.05) is 37.2 Å². The number of carbonyl (C=O) groups is 1. The van der Waals surface area contributed by atoms with Crippen LogP contribution in [0.5, 0.6) is 0 Å². The average Bonchev–Trinajstić information content (AvgIpc) is 3.04. The Labute approximate surface area is 177 Å². The molecule has 8 nitrogen and oxygen atoms in total. The highest BCUT2D eigenvalue weighted by Gasteiger charge is 2.34. The Morgan fingerprint density at radius 2 is 1.90 bits per heavy atom. The highest BCUT2D eigenvalue weighted by molar-refractivity contribution is 7.91. The Kier molecular flexibility index (Phi) is 5.58. The minimum Gasteiger partial charge on any atom is -0.339 e. The van der Waals surface area contributed by atoms with Gasteiger partial charge in [-0.15, -0.1) is 0 Å². The van der Waals surface area contributed by atoms with E-state index in [0.29, 0.717) is 43.1 Å². The molecule has 1 atom stereocenters. The van der Waals surface area contributed by atoms with Gasteiger partial charge in [-0.05, 0) is 18.6 Å². The standard InChI is InChI=1S/C18H20Cl2N4O4S/c19-12-7-14-17(15(20)8-12)21-11-24(18(14)26)9-16(25)23-4-2-22(3-5-23)13-1-6-29(27,28)10-13/h7-8,11,13H,1-6,9-10H2. The van der Waals surface area contributed by atoms with Crippen LogP contribution in [0.2, 0.25) is 10.0 Å². The summed E-state index contributed by atoms with van der Waals surface area (Å²) in [6.45, 7) is 2.14. The first kappa shape index (κ1) is 20.6. The smallest absolute Gasteiger partial charge is 0.261 e. The van der Waals surface area contributed by atoms with Crippen molar-refractivity contribution in [3.8, 4) is 0 Å². The molecular weight excluding hydrogens is 439 g/mol. The second-order valence-corrected chi connectivity index (χ2v) is 10.5. The molecule has 0 bridgehead atoms. The average molecular weight is 459 g/mol. The zero-order valence-corrected chi connectivity index (χ0v) is 17.9. The predicted molar refractivity (Wildman–Crippen MR) is 111 cm³/mol. The molecule has 11 heteroatoms. The molecule has 0 radical (unpaired) electrons. The molecule has 0 N–H and O–H groups in total. The van der Waals surface area contributed by atoms with E-state index in [-0.39, 0.29) is 46.0 Å². The fraction of sp³-hybridized carbons (Fsp3) is 0.500. The molecule has 2 fully saturated rings. The van der Waals surface area contributed by atoms with Gasteiger partial charge in [0.05, 0.1) is 33.8 Å². The lowest BCUT2D eigenvalue weighted by molar-refractivity contribution is -0.133. The van der Waals surface area contributed by atoms with Crippen LogP contribution in [0, 0.1) is 0 Å². The van der Waals surface area contributed by atoms with Gasteiger partial charge in [0.25, 0.3) is 5.56 Å². The molecule has 0 spiro atoms. The highest BCUT2D eigenvalue weighted by atomic mass is 35.5. The van der Waals surface area contributed by atoms with Crippen LogP contribution in [0.4, 0.5) is 0 Å². The van der Waals surface area contributed by atoms with Crippen molar-refractivity contribution in [3.05, 3.63) is 38.9 Å². The Balaban J connectivity index is 1.43. The summed E-state index contributed by atoms with van der Waals surface area (Å²) in [4.78, 5) is 33.4. The summed E-state index contributed by atoms with van der Waals surface area (Å²) in [7, 11) is -2.93. The fourth-order valence-corrected chi connectivity index (χ4v) is 6.26. The third-order valence-corrected chi connectivity index (χ3v) is 7.80. The third-order valence-electron chi connectivity index (χ3n) is 5.54. The summed E-state index contributed by atoms with van der Waals surface area (Å²) in [5.41, 5.74) is -0.0209. The lowest BCUT2D eigenvalue weighted by atomic mass is 10.2. The number of nitrogens with zero attached hydrogens (tertiary/aromatic N) is 4. The molecule has 0 saturated carbocycles. The number of piperazine rings is 1. The molecule has 1 unspecified atom stereocenters. The number of halogens is 2. The zero-order valence-electron chi connectivity index (χ0n) is 15.6. The number of hydrogen-bond acceptors (Lipinski definition) is 6. The van der Waals surface area contributed by atoms with Gasteiger partial charge in [0.2, 0.25) is 5.91 Å². The number of aromatic nitrogens is 2. The number of fused-ring (bicyclic) bond motifs is 1. The minimum absolute atomic E-state index is 0.0408. The van der Waals surface area contributed by atoms with Crippen molar-refractivity contribution in [2.45, 2.75) is 19.0 Å². The highest BCUT2D eigenvalue weighted by Crippen LogP contribution is 2.24. The molecular formula is C18H20Cl2N4O4S. The molecule has 1 amide bonds. The molecule has 1 aromatic carbocycles. The van der Waals surface area contributed by atoms with Crippen molar-refractivity contribution in [1.29, 1.82) is 0 Å². The van der Waals surface area contributed by atoms with Crippen molar-refractivity contribution in [2.75, 3.05) is 37.7 Å². The van der Waals surface area contributed by atoms with Crippen LogP contribution in [-0.4, -0.2) is 77.4 Å². The number of sulfone groups is 1. The molecule has 2 aliphatic heterocycles. The van der Waals surface area contributed by atoms with Crippen molar-refractivity contribution >= 4 is 49.8 Å². The number of amides is 1. The summed E-state index contributed by atoms with van der Waals surface area (Å²) in [6.07, 6.45) is 1.97. The zero-order chi connectivity index (χ0) is 20.8. The third kappa shape index (κ3) is 4.28. The van der Waals surface area contributed by atoms with E-state index in [1.54, 1.807) is 4.90 Å². The van der Waals surface area contributed by atoms with Crippen LogP contribution in [0.15, 0.2) is 23.3 Å². The minimum atomic E-state index is -2.93. The van der Waals surface area contributed by atoms with E-state index >= 15 is 0 Å². The molecule has 156 valence electrons. The van der Waals surface area contributed by atoms with Crippen molar-refractivity contribution in [2.24, 2.45) is 0 Å². The molecule has 0 aliphatic carbocycles. The van der Waals surface area contributed by atoms with E-state index in [1.165, 1.54) is 23.0 Å². The Morgan fingerprint density at radius 3 is 2.55 bits per heavy atom. The van der Waals surface area contributed by atoms with E-state index in [0.717, 1.165) is 0 Å². The molecule has 2 aliphatic rings. The van der Waals surface area contributed by atoms with E-state index in [1.807, 2.05) is 0 Å². The Morgan fingerprint density at radius 1 is 1.17 bits per heavy atom. The lowest BCUT2D eigenvalue weighted by Crippen LogP contribution is -2.53. The van der Waals surface area contributed by atoms with Crippen molar-refractivity contribution in [3.63, 3.8) is 0 Å². The number of benzene rings is 1. The maximum Gasteiger partial charge on any atom is 0.261 e. The van der Waals surface area contributed by atoms with Crippen LogP contribution in [0.3, 0.4) is 0 Å². The maximum atomic E-state index is 12.7. The first-order valence-corrected chi connectivity index (χ1v) is 11.9. The van der Waals surface area contributed by atoms with Crippen LogP contribution >= 0.6 is 23.2 Å². The maximum absolute atomic E-state index is 12.7. The molecule has 29 heavy (non-hydrogen) atoms. The van der Waals surface area contributed by atoms with E-state index < -0.39 is 9.84 Å². The molecule has 3 heterocycles. The van der Waals surface area contributed by atoms with E-state index in [4.69, 9.17) is 23.2 Å². The first-order chi connectivity index (χ1) is 13.7. The van der Waals surface area contributed by atoms with E-state index in [2.05, 4.69) is 9.88 Å². The molecule has 2 aromatic rings. The monoisotopic (exact) mass is 458 g/mol. The van der Waals surface area contributed by atoms with Crippen LogP contribution in [-0.2, 0) is 21.2 Å². The second kappa shape index (κ2) is 7.86. The number of rotatable bonds is 3. The van der Waals surface area contributed by atoms with Gasteiger partial charge in [-0.2, -0.15) is 0 Å². The van der Waals surface area contributed by atoms with Crippen LogP contribution in [0.1, 0.15) is 6.42 Å².